The summed E-state index contributed by atoms with van der Waals surface area (Å²) in [6.07, 6.45) is 0. The van der Waals surface area contributed by atoms with E-state index < -0.39 is 18.0 Å². The van der Waals surface area contributed by atoms with Crippen LogP contribution in [0, 0.1) is 24.1 Å². The second-order valence-corrected chi connectivity index (χ2v) is 4.20. The highest BCUT2D eigenvalue weighted by Crippen LogP contribution is 2.29. The topological polar surface area (TPSA) is 65.9 Å². The highest BCUT2D eigenvalue weighted by Gasteiger charge is 2.16. The highest BCUT2D eigenvalue weighted by molar-refractivity contribution is 5.72. The summed E-state index contributed by atoms with van der Waals surface area (Å²) in [5, 5.41) is 9.01. The molecule has 2 aromatic rings. The van der Waals surface area contributed by atoms with E-state index in [4.69, 9.17) is 5.26 Å². The average Bonchev–Trinajstić information content (AvgIpc) is 2.39. The Morgan fingerprint density at radius 3 is 2.62 bits per heavy atom. The molecular weight excluding hydrogens is 285 g/mol. The van der Waals surface area contributed by atoms with Crippen molar-refractivity contribution in [2.75, 3.05) is 0 Å². The summed E-state index contributed by atoms with van der Waals surface area (Å²) in [5.41, 5.74) is -0.691. The van der Waals surface area contributed by atoms with Gasteiger partial charge in [0, 0.05) is 16.8 Å². The van der Waals surface area contributed by atoms with Gasteiger partial charge in [-0.05, 0) is 31.2 Å². The number of aromatic amines is 1. The van der Waals surface area contributed by atoms with Crippen LogP contribution < -0.4 is 10.3 Å². The van der Waals surface area contributed by atoms with E-state index in [1.807, 2.05) is 0 Å². The van der Waals surface area contributed by atoms with E-state index in [1.54, 1.807) is 13.0 Å². The van der Waals surface area contributed by atoms with Gasteiger partial charge in [0.05, 0.1) is 0 Å². The number of nitrogens with one attached hydrogen (secondary N) is 1. The standard InChI is InChI=1S/C14H9F3N2O2/c1-7-4-9(11(6-18)13(20)19-7)10-5-8(21-14(16)17)2-3-12(10)15/h2-5,14H,1H3,(H,19,20). The van der Waals surface area contributed by atoms with Crippen LogP contribution in [0.3, 0.4) is 0 Å². The van der Waals surface area contributed by atoms with Gasteiger partial charge in [-0.15, -0.1) is 0 Å². The number of hydrogen-bond donors (Lipinski definition) is 1. The van der Waals surface area contributed by atoms with Gasteiger partial charge in [-0.3, -0.25) is 4.79 Å². The fraction of sp³-hybridized carbons (Fsp3) is 0.143. The molecule has 0 bridgehead atoms. The molecule has 108 valence electrons. The minimum Gasteiger partial charge on any atom is -0.435 e. The molecule has 0 unspecified atom stereocenters. The Morgan fingerprint density at radius 1 is 1.29 bits per heavy atom. The van der Waals surface area contributed by atoms with E-state index in [0.717, 1.165) is 18.2 Å². The summed E-state index contributed by atoms with van der Waals surface area (Å²) in [4.78, 5) is 14.1. The number of nitrogens with zero attached hydrogens (tertiary/aromatic N) is 1. The van der Waals surface area contributed by atoms with Crippen LogP contribution in [0.4, 0.5) is 13.2 Å². The molecule has 1 N–H and O–H groups in total. The predicted octanol–water partition coefficient (Wildman–Crippen LogP) is 2.96. The van der Waals surface area contributed by atoms with Gasteiger partial charge in [-0.1, -0.05) is 0 Å². The molecule has 1 aromatic carbocycles. The van der Waals surface area contributed by atoms with Crippen molar-refractivity contribution in [2.24, 2.45) is 0 Å². The first-order chi connectivity index (χ1) is 9.92. The molecule has 1 aromatic heterocycles. The number of benzene rings is 1. The zero-order valence-corrected chi connectivity index (χ0v) is 10.8. The van der Waals surface area contributed by atoms with Crippen LogP contribution in [-0.4, -0.2) is 11.6 Å². The van der Waals surface area contributed by atoms with Crippen LogP contribution >= 0.6 is 0 Å². The number of hydrogen-bond acceptors (Lipinski definition) is 3. The second kappa shape index (κ2) is 5.71. The molecule has 0 spiro atoms. The van der Waals surface area contributed by atoms with E-state index in [0.29, 0.717) is 5.69 Å². The van der Waals surface area contributed by atoms with Crippen LogP contribution in [0.2, 0.25) is 0 Å². The number of nitriles is 1. The lowest BCUT2D eigenvalue weighted by Gasteiger charge is -2.10. The van der Waals surface area contributed by atoms with E-state index >= 15 is 0 Å². The van der Waals surface area contributed by atoms with Crippen molar-refractivity contribution in [1.29, 1.82) is 5.26 Å². The van der Waals surface area contributed by atoms with E-state index in [2.05, 4.69) is 9.72 Å². The van der Waals surface area contributed by atoms with Crippen molar-refractivity contribution in [1.82, 2.24) is 4.98 Å². The van der Waals surface area contributed by atoms with Crippen molar-refractivity contribution in [3.63, 3.8) is 0 Å². The maximum absolute atomic E-state index is 13.9. The molecule has 0 atom stereocenters. The van der Waals surface area contributed by atoms with Crippen molar-refractivity contribution >= 4 is 0 Å². The molecule has 0 aliphatic carbocycles. The molecule has 1 heterocycles. The normalized spacial score (nSPS) is 10.5. The average molecular weight is 294 g/mol. The Morgan fingerprint density at radius 2 is 2.00 bits per heavy atom. The van der Waals surface area contributed by atoms with Crippen molar-refractivity contribution in [3.8, 4) is 22.9 Å². The Balaban J connectivity index is 2.67. The fourth-order valence-corrected chi connectivity index (χ4v) is 1.90. The molecule has 7 heteroatoms. The summed E-state index contributed by atoms with van der Waals surface area (Å²) < 4.78 is 42.5. The van der Waals surface area contributed by atoms with Gasteiger partial charge in [0.2, 0.25) is 0 Å². The van der Waals surface area contributed by atoms with Gasteiger partial charge in [-0.2, -0.15) is 14.0 Å². The van der Waals surface area contributed by atoms with E-state index in [1.165, 1.54) is 6.07 Å². The summed E-state index contributed by atoms with van der Waals surface area (Å²) in [7, 11) is 0. The first-order valence-corrected chi connectivity index (χ1v) is 5.81. The van der Waals surface area contributed by atoms with Crippen molar-refractivity contribution in [3.05, 3.63) is 51.7 Å². The smallest absolute Gasteiger partial charge is 0.387 e. The zero-order valence-electron chi connectivity index (χ0n) is 10.8. The van der Waals surface area contributed by atoms with Crippen LogP contribution in [0.1, 0.15) is 11.3 Å². The molecule has 0 amide bonds. The lowest BCUT2D eigenvalue weighted by atomic mass is 10.0. The predicted molar refractivity (Wildman–Crippen MR) is 68.5 cm³/mol. The number of ether oxygens (including phenoxy) is 1. The minimum atomic E-state index is -3.06. The number of halogens is 3. The lowest BCUT2D eigenvalue weighted by molar-refractivity contribution is -0.0498. The summed E-state index contributed by atoms with van der Waals surface area (Å²) in [6.45, 7) is -1.50. The van der Waals surface area contributed by atoms with Gasteiger partial charge in [0.1, 0.15) is 23.2 Å². The molecule has 0 aliphatic rings. The van der Waals surface area contributed by atoms with Gasteiger partial charge in [0.15, 0.2) is 0 Å². The number of aromatic nitrogens is 1. The molecule has 0 saturated carbocycles. The van der Waals surface area contributed by atoms with Crippen molar-refractivity contribution in [2.45, 2.75) is 13.5 Å². The van der Waals surface area contributed by atoms with Gasteiger partial charge >= 0.3 is 6.61 Å². The van der Waals surface area contributed by atoms with Crippen LogP contribution in [0.15, 0.2) is 29.1 Å². The van der Waals surface area contributed by atoms with Crippen LogP contribution in [-0.2, 0) is 0 Å². The highest BCUT2D eigenvalue weighted by atomic mass is 19.3. The summed E-state index contributed by atoms with van der Waals surface area (Å²) in [5.74, 6) is -1.01. The number of rotatable bonds is 3. The molecule has 4 nitrogen and oxygen atoms in total. The maximum Gasteiger partial charge on any atom is 0.387 e. The zero-order chi connectivity index (χ0) is 15.6. The third-order valence-corrected chi connectivity index (χ3v) is 2.73. The molecule has 21 heavy (non-hydrogen) atoms. The van der Waals surface area contributed by atoms with Gasteiger partial charge in [0.25, 0.3) is 5.56 Å². The van der Waals surface area contributed by atoms with Gasteiger partial charge in [-0.25, -0.2) is 4.39 Å². The molecule has 0 radical (unpaired) electrons. The Kier molecular flexibility index (Phi) is 3.98. The fourth-order valence-electron chi connectivity index (χ4n) is 1.90. The quantitative estimate of drug-likeness (QED) is 0.946. The molecular formula is C14H9F3N2O2. The monoisotopic (exact) mass is 294 g/mol. The number of alkyl halides is 2. The van der Waals surface area contributed by atoms with Crippen LogP contribution in [0.25, 0.3) is 11.1 Å². The van der Waals surface area contributed by atoms with Crippen molar-refractivity contribution < 1.29 is 17.9 Å². The first-order valence-electron chi connectivity index (χ1n) is 5.81. The minimum absolute atomic E-state index is 0.0240. The summed E-state index contributed by atoms with van der Waals surface area (Å²) in [6, 6.07) is 6.07. The Hall–Kier alpha value is -2.75. The number of H-pyrrole nitrogens is 1. The molecule has 0 fully saturated rings. The third-order valence-electron chi connectivity index (χ3n) is 2.73. The first kappa shape index (κ1) is 14.7. The Labute approximate surface area is 117 Å². The maximum atomic E-state index is 13.9. The van der Waals surface area contributed by atoms with E-state index in [-0.39, 0.29) is 22.4 Å². The summed E-state index contributed by atoms with van der Waals surface area (Å²) >= 11 is 0. The molecule has 0 saturated heterocycles. The van der Waals surface area contributed by atoms with E-state index in [9.17, 15) is 18.0 Å². The Bertz CT molecular complexity index is 779. The molecule has 0 aliphatic heterocycles. The lowest BCUT2D eigenvalue weighted by Crippen LogP contribution is -2.13. The third kappa shape index (κ3) is 3.05. The largest absolute Gasteiger partial charge is 0.435 e. The SMILES string of the molecule is Cc1cc(-c2cc(OC(F)F)ccc2F)c(C#N)c(=O)[nH]1. The van der Waals surface area contributed by atoms with Crippen LogP contribution in [0.5, 0.6) is 5.75 Å². The molecule has 2 rings (SSSR count). The number of aryl methyl sites for hydroxylation is 1. The second-order valence-electron chi connectivity index (χ2n) is 4.20. The van der Waals surface area contributed by atoms with Gasteiger partial charge < -0.3 is 9.72 Å². The number of pyridine rings is 1.